The number of carbonyl (C=O) groups is 2. The Hall–Kier alpha value is -4.63. The molecule has 0 aliphatic rings. The van der Waals surface area contributed by atoms with E-state index in [1.54, 1.807) is 52.1 Å². The number of hydrogen-bond acceptors (Lipinski definition) is 9. The van der Waals surface area contributed by atoms with Crippen molar-refractivity contribution in [1.29, 1.82) is 0 Å². The molecule has 0 N–H and O–H groups in total. The van der Waals surface area contributed by atoms with E-state index >= 15 is 0 Å². The first-order valence-corrected chi connectivity index (χ1v) is 17.0. The van der Waals surface area contributed by atoms with Crippen molar-refractivity contribution in [3.63, 3.8) is 0 Å². The zero-order chi connectivity index (χ0) is 34.4. The van der Waals surface area contributed by atoms with Gasteiger partial charge in [0.1, 0.15) is 13.2 Å². The van der Waals surface area contributed by atoms with E-state index in [-0.39, 0.29) is 31.3 Å². The summed E-state index contributed by atoms with van der Waals surface area (Å²) in [5.41, 5.74) is 2.49. The molecular formula is C37H42NO9P. The van der Waals surface area contributed by atoms with Crippen LogP contribution in [0.3, 0.4) is 0 Å². The number of carbonyl (C=O) groups excluding carboxylic acids is 2. The van der Waals surface area contributed by atoms with Gasteiger partial charge in [0.15, 0.2) is 11.5 Å². The van der Waals surface area contributed by atoms with Gasteiger partial charge < -0.3 is 23.6 Å². The number of hydrogen-bond donors (Lipinski definition) is 0. The van der Waals surface area contributed by atoms with E-state index in [2.05, 4.69) is 0 Å². The molecule has 0 radical (unpaired) electrons. The van der Waals surface area contributed by atoms with Crippen LogP contribution in [0.2, 0.25) is 0 Å². The summed E-state index contributed by atoms with van der Waals surface area (Å²) in [6, 6.07) is 33.3. The summed E-state index contributed by atoms with van der Waals surface area (Å²) in [4.78, 5) is 26.5. The Balaban J connectivity index is 1.51. The Kier molecular flexibility index (Phi) is 13.2. The van der Waals surface area contributed by atoms with E-state index in [0.29, 0.717) is 13.0 Å². The molecule has 1 atom stereocenters. The number of nitrogens with zero attached hydrogens (tertiary/aromatic N) is 1. The molecule has 1 unspecified atom stereocenters. The van der Waals surface area contributed by atoms with Gasteiger partial charge in [-0.25, -0.2) is 13.9 Å². The first-order chi connectivity index (χ1) is 23.0. The van der Waals surface area contributed by atoms with E-state index in [1.165, 1.54) is 4.90 Å². The number of esters is 1. The second kappa shape index (κ2) is 17.5. The van der Waals surface area contributed by atoms with Crippen LogP contribution in [0.4, 0.5) is 4.79 Å². The minimum atomic E-state index is -4.39. The molecule has 0 heterocycles. The molecule has 0 bridgehead atoms. The molecule has 0 aliphatic carbocycles. The summed E-state index contributed by atoms with van der Waals surface area (Å²) in [6.45, 7) is 5.04. The number of benzene rings is 4. The molecule has 0 aliphatic heterocycles. The molecule has 4 aromatic rings. The van der Waals surface area contributed by atoms with Crippen LogP contribution in [-0.2, 0) is 54.1 Å². The SMILES string of the molecule is CN(CCc1ccc(OCc2ccccc2)c(OP(=O)(OCOC(=O)C(C)(C)C)OCc2ccccc2)c1)C(=O)OCc1ccccc1. The number of rotatable bonds is 16. The van der Waals surface area contributed by atoms with Gasteiger partial charge in [-0.15, -0.1) is 0 Å². The number of ether oxygens (including phenoxy) is 3. The fraction of sp³-hybridized carbons (Fsp3) is 0.297. The summed E-state index contributed by atoms with van der Waals surface area (Å²) in [7, 11) is -2.74. The number of phosphoric ester groups is 1. The van der Waals surface area contributed by atoms with Crippen LogP contribution in [-0.4, -0.2) is 37.3 Å². The standard InChI is InChI=1S/C37H42NO9P/c1-37(2,3)35(39)44-28-46-48(41,45-27-32-18-12-7-13-19-32)47-34-24-29(20-21-33(34)42-25-30-14-8-5-9-15-30)22-23-38(4)36(40)43-26-31-16-10-6-11-17-31/h5-21,24H,22-23,25-28H2,1-4H3. The van der Waals surface area contributed by atoms with Crippen LogP contribution in [0.1, 0.15) is 43.0 Å². The second-order valence-electron chi connectivity index (χ2n) is 12.0. The van der Waals surface area contributed by atoms with Crippen LogP contribution in [0.25, 0.3) is 0 Å². The molecule has 1 amide bonds. The van der Waals surface area contributed by atoms with Crippen molar-refractivity contribution in [2.24, 2.45) is 5.41 Å². The molecule has 254 valence electrons. The monoisotopic (exact) mass is 675 g/mol. The quantitative estimate of drug-likeness (QED) is 0.0658. The van der Waals surface area contributed by atoms with Crippen LogP contribution in [0.5, 0.6) is 11.5 Å². The Morgan fingerprint density at radius 2 is 1.23 bits per heavy atom. The van der Waals surface area contributed by atoms with E-state index in [4.69, 9.17) is 27.8 Å². The van der Waals surface area contributed by atoms with Gasteiger partial charge in [-0.1, -0.05) is 97.1 Å². The average molecular weight is 676 g/mol. The average Bonchev–Trinajstić information content (AvgIpc) is 3.09. The van der Waals surface area contributed by atoms with Crippen molar-refractivity contribution in [1.82, 2.24) is 4.90 Å². The first-order valence-electron chi connectivity index (χ1n) is 15.5. The van der Waals surface area contributed by atoms with E-state index in [9.17, 15) is 14.2 Å². The predicted molar refractivity (Wildman–Crippen MR) is 181 cm³/mol. The molecule has 0 saturated carbocycles. The molecule has 0 aromatic heterocycles. The lowest BCUT2D eigenvalue weighted by molar-refractivity contribution is -0.160. The molecule has 4 rings (SSSR count). The van der Waals surface area contributed by atoms with Crippen LogP contribution in [0.15, 0.2) is 109 Å². The summed E-state index contributed by atoms with van der Waals surface area (Å²) in [6.07, 6.45) is -0.0407. The van der Waals surface area contributed by atoms with Crippen molar-refractivity contribution < 1.29 is 41.9 Å². The fourth-order valence-electron chi connectivity index (χ4n) is 4.15. The lowest BCUT2D eigenvalue weighted by Crippen LogP contribution is -2.29. The summed E-state index contributed by atoms with van der Waals surface area (Å²) in [5.74, 6) is -0.161. The van der Waals surface area contributed by atoms with Gasteiger partial charge >= 0.3 is 19.9 Å². The summed E-state index contributed by atoms with van der Waals surface area (Å²) in [5, 5.41) is 0. The van der Waals surface area contributed by atoms with Gasteiger partial charge in [0, 0.05) is 13.6 Å². The van der Waals surface area contributed by atoms with Crippen LogP contribution in [0, 0.1) is 5.41 Å². The van der Waals surface area contributed by atoms with Crippen molar-refractivity contribution in [2.45, 2.75) is 47.0 Å². The topological polar surface area (TPSA) is 110 Å². The highest BCUT2D eigenvalue weighted by Gasteiger charge is 2.32. The van der Waals surface area contributed by atoms with Gasteiger partial charge in [0.05, 0.1) is 12.0 Å². The molecule has 0 saturated heterocycles. The van der Waals surface area contributed by atoms with Gasteiger partial charge in [0.25, 0.3) is 0 Å². The number of phosphoric acid groups is 1. The van der Waals surface area contributed by atoms with Gasteiger partial charge in [-0.2, -0.15) is 0 Å². The third-order valence-corrected chi connectivity index (χ3v) is 8.24. The molecule has 48 heavy (non-hydrogen) atoms. The maximum absolute atomic E-state index is 14.1. The van der Waals surface area contributed by atoms with Gasteiger partial charge in [-0.3, -0.25) is 9.32 Å². The lowest BCUT2D eigenvalue weighted by atomic mass is 9.98. The van der Waals surface area contributed by atoms with Gasteiger partial charge in [0.2, 0.25) is 6.79 Å². The maximum Gasteiger partial charge on any atom is 0.533 e. The Morgan fingerprint density at radius 1 is 0.667 bits per heavy atom. The van der Waals surface area contributed by atoms with E-state index in [0.717, 1.165) is 22.3 Å². The van der Waals surface area contributed by atoms with Gasteiger partial charge in [-0.05, 0) is 61.6 Å². The van der Waals surface area contributed by atoms with Crippen molar-refractivity contribution in [3.8, 4) is 11.5 Å². The molecule has 10 nitrogen and oxygen atoms in total. The molecule has 0 fully saturated rings. The number of likely N-dealkylation sites (N-methyl/N-ethyl adjacent to an activating group) is 1. The van der Waals surface area contributed by atoms with E-state index in [1.807, 2.05) is 84.9 Å². The normalized spacial score (nSPS) is 12.4. The number of amides is 1. The lowest BCUT2D eigenvalue weighted by Gasteiger charge is -2.22. The Bertz CT molecular complexity index is 1640. The highest BCUT2D eigenvalue weighted by molar-refractivity contribution is 7.48. The van der Waals surface area contributed by atoms with Crippen molar-refractivity contribution in [2.75, 3.05) is 20.4 Å². The third kappa shape index (κ3) is 11.9. The predicted octanol–water partition coefficient (Wildman–Crippen LogP) is 8.34. The largest absolute Gasteiger partial charge is 0.533 e. The van der Waals surface area contributed by atoms with Crippen LogP contribution < -0.4 is 9.26 Å². The Labute approximate surface area is 282 Å². The second-order valence-corrected chi connectivity index (χ2v) is 13.6. The minimum absolute atomic E-state index is 0.0938. The van der Waals surface area contributed by atoms with Crippen LogP contribution >= 0.6 is 7.82 Å². The zero-order valence-corrected chi connectivity index (χ0v) is 28.6. The maximum atomic E-state index is 14.1. The summed E-state index contributed by atoms with van der Waals surface area (Å²) >= 11 is 0. The fourth-order valence-corrected chi connectivity index (χ4v) is 5.20. The smallest absolute Gasteiger partial charge is 0.485 e. The minimum Gasteiger partial charge on any atom is -0.485 e. The highest BCUT2D eigenvalue weighted by atomic mass is 31.2. The van der Waals surface area contributed by atoms with E-state index < -0.39 is 32.1 Å². The molecular weight excluding hydrogens is 633 g/mol. The molecule has 4 aromatic carbocycles. The Morgan fingerprint density at radius 3 is 1.81 bits per heavy atom. The third-order valence-electron chi connectivity index (χ3n) is 6.95. The molecule has 11 heteroatoms. The van der Waals surface area contributed by atoms with Crippen molar-refractivity contribution in [3.05, 3.63) is 131 Å². The highest BCUT2D eigenvalue weighted by Crippen LogP contribution is 2.52. The van der Waals surface area contributed by atoms with Crippen molar-refractivity contribution >= 4 is 19.9 Å². The zero-order valence-electron chi connectivity index (χ0n) is 27.7. The molecule has 0 spiro atoms. The first kappa shape index (κ1) is 36.2. The summed E-state index contributed by atoms with van der Waals surface area (Å²) < 4.78 is 48.1.